The van der Waals surface area contributed by atoms with Gasteiger partial charge in [0.2, 0.25) is 15.0 Å². The number of anilines is 1. The van der Waals surface area contributed by atoms with Crippen LogP contribution in [0.25, 0.3) is 0 Å². The van der Waals surface area contributed by atoms with Crippen molar-refractivity contribution in [2.24, 2.45) is 0 Å². The Morgan fingerprint density at radius 3 is 2.38 bits per heavy atom. The smallest absolute Gasteiger partial charge is 0.416 e. The number of aromatic amines is 1. The predicted molar refractivity (Wildman–Crippen MR) is 146 cm³/mol. The fourth-order valence-electron chi connectivity index (χ4n) is 4.27. The van der Waals surface area contributed by atoms with Gasteiger partial charge in [-0.3, -0.25) is 9.10 Å². The molecule has 42 heavy (non-hydrogen) atoms. The van der Waals surface area contributed by atoms with Crippen LogP contribution in [-0.4, -0.2) is 56.8 Å². The zero-order valence-corrected chi connectivity index (χ0v) is 25.1. The summed E-state index contributed by atoms with van der Waals surface area (Å²) in [5, 5.41) is -0.313. The zero-order valence-electron chi connectivity index (χ0n) is 23.4. The number of esters is 1. The van der Waals surface area contributed by atoms with Crippen LogP contribution in [0.2, 0.25) is 0 Å². The summed E-state index contributed by atoms with van der Waals surface area (Å²) in [7, 11) is -8.76. The maximum Gasteiger partial charge on any atom is 0.416 e. The third kappa shape index (κ3) is 6.89. The molecule has 10 nitrogen and oxygen atoms in total. The highest BCUT2D eigenvalue weighted by molar-refractivity contribution is 7.93. The summed E-state index contributed by atoms with van der Waals surface area (Å²) in [4.78, 5) is 18.5. The maximum absolute atomic E-state index is 13.8. The van der Waals surface area contributed by atoms with Crippen molar-refractivity contribution >= 4 is 31.5 Å². The minimum Gasteiger partial charge on any atom is -0.485 e. The van der Waals surface area contributed by atoms with Gasteiger partial charge in [-0.15, -0.1) is 0 Å². The molecule has 0 saturated heterocycles. The van der Waals surface area contributed by atoms with Crippen molar-refractivity contribution in [1.29, 1.82) is 0 Å². The Hall–Kier alpha value is -3.59. The van der Waals surface area contributed by atoms with Gasteiger partial charge in [-0.1, -0.05) is 12.1 Å². The molecule has 4 rings (SSSR count). The van der Waals surface area contributed by atoms with Crippen molar-refractivity contribution in [3.8, 4) is 5.75 Å². The van der Waals surface area contributed by atoms with E-state index in [0.717, 1.165) is 22.5 Å². The molecule has 1 atom stereocenters. The first-order valence-corrected chi connectivity index (χ1v) is 15.8. The number of fused-ring (bicyclic) bond motifs is 1. The SMILES string of the molecule is Cc1nc(S(=O)(=O)C[C@H]2CN(S(=O)(=O)c3cccc(C(F)(F)F)c3)c3cc(CC(=O)OC(C)(C)C)ccc3O2)[nH]c1C. The summed E-state index contributed by atoms with van der Waals surface area (Å²) < 4.78 is 106. The van der Waals surface area contributed by atoms with Crippen LogP contribution in [0.5, 0.6) is 5.75 Å². The first-order valence-electron chi connectivity index (χ1n) is 12.7. The Labute approximate surface area is 241 Å². The van der Waals surface area contributed by atoms with Crippen LogP contribution in [0.3, 0.4) is 0 Å². The van der Waals surface area contributed by atoms with E-state index in [1.807, 2.05) is 0 Å². The van der Waals surface area contributed by atoms with Gasteiger partial charge in [-0.25, -0.2) is 21.8 Å². The molecule has 3 aromatic rings. The molecule has 2 heterocycles. The van der Waals surface area contributed by atoms with Gasteiger partial charge in [-0.05, 0) is 70.5 Å². The number of aromatic nitrogens is 2. The number of sulfonamides is 1. The minimum atomic E-state index is -4.80. The molecule has 0 bridgehead atoms. The van der Waals surface area contributed by atoms with Crippen molar-refractivity contribution in [1.82, 2.24) is 9.97 Å². The summed E-state index contributed by atoms with van der Waals surface area (Å²) in [6.07, 6.45) is -6.27. The highest BCUT2D eigenvalue weighted by Gasteiger charge is 2.39. The average molecular weight is 630 g/mol. The molecule has 0 amide bonds. The van der Waals surface area contributed by atoms with Gasteiger partial charge >= 0.3 is 12.1 Å². The predicted octanol–water partition coefficient (Wildman–Crippen LogP) is 4.36. The topological polar surface area (TPSA) is 136 Å². The van der Waals surface area contributed by atoms with Gasteiger partial charge < -0.3 is 14.5 Å². The van der Waals surface area contributed by atoms with Crippen molar-refractivity contribution in [2.45, 2.75) is 69.0 Å². The molecule has 0 fully saturated rings. The number of nitrogens with zero attached hydrogens (tertiary/aromatic N) is 2. The number of carbonyl (C=O) groups excluding carboxylic acids is 1. The Morgan fingerprint density at radius 2 is 1.79 bits per heavy atom. The van der Waals surface area contributed by atoms with Gasteiger partial charge in [0.05, 0.1) is 40.6 Å². The van der Waals surface area contributed by atoms with Crippen LogP contribution in [0.1, 0.15) is 43.3 Å². The van der Waals surface area contributed by atoms with Crippen LogP contribution in [-0.2, 0) is 42.0 Å². The standard InChI is InChI=1S/C27H30F3N3O7S2/c1-16-17(2)32-25(31-16)41(35,36)15-20-14-33(42(37,38)21-8-6-7-19(13-21)27(28,29)30)22-11-18(9-10-23(22)39-20)12-24(34)40-26(3,4)5/h6-11,13,20H,12,14-15H2,1-5H3,(H,31,32)/t20-/m1/s1. The first-order chi connectivity index (χ1) is 19.3. The number of ether oxygens (including phenoxy) is 2. The average Bonchev–Trinajstić information content (AvgIpc) is 3.21. The lowest BCUT2D eigenvalue weighted by molar-refractivity contribution is -0.153. The van der Waals surface area contributed by atoms with E-state index < -0.39 is 66.5 Å². The Morgan fingerprint density at radius 1 is 1.10 bits per heavy atom. The van der Waals surface area contributed by atoms with Crippen molar-refractivity contribution in [3.63, 3.8) is 0 Å². The monoisotopic (exact) mass is 629 g/mol. The van der Waals surface area contributed by atoms with E-state index in [2.05, 4.69) is 9.97 Å². The van der Waals surface area contributed by atoms with Crippen LogP contribution < -0.4 is 9.04 Å². The number of hydrogen-bond acceptors (Lipinski definition) is 8. The first kappa shape index (κ1) is 31.3. The number of sulfone groups is 1. The lowest BCUT2D eigenvalue weighted by Crippen LogP contribution is -2.46. The third-order valence-corrected chi connectivity index (χ3v) is 9.65. The van der Waals surface area contributed by atoms with Crippen LogP contribution in [0, 0.1) is 13.8 Å². The normalized spacial score (nSPS) is 16.1. The molecule has 1 aromatic heterocycles. The van der Waals surface area contributed by atoms with E-state index in [-0.39, 0.29) is 23.0 Å². The number of alkyl halides is 3. The molecule has 0 spiro atoms. The second kappa shape index (κ2) is 10.9. The molecule has 1 aliphatic heterocycles. The summed E-state index contributed by atoms with van der Waals surface area (Å²) in [5.74, 6) is -1.29. The summed E-state index contributed by atoms with van der Waals surface area (Å²) >= 11 is 0. The molecular weight excluding hydrogens is 599 g/mol. The van der Waals surface area contributed by atoms with E-state index in [9.17, 15) is 34.8 Å². The van der Waals surface area contributed by atoms with Crippen molar-refractivity contribution < 1.29 is 44.3 Å². The van der Waals surface area contributed by atoms with Crippen LogP contribution in [0.15, 0.2) is 52.5 Å². The third-order valence-electron chi connectivity index (χ3n) is 6.28. The number of imidazole rings is 1. The van der Waals surface area contributed by atoms with Gasteiger partial charge in [0.1, 0.15) is 17.5 Å². The molecule has 228 valence electrons. The number of rotatable bonds is 7. The molecule has 0 saturated carbocycles. The molecule has 15 heteroatoms. The van der Waals surface area contributed by atoms with Gasteiger partial charge in [0.15, 0.2) is 0 Å². The highest BCUT2D eigenvalue weighted by atomic mass is 32.2. The number of H-pyrrole nitrogens is 1. The molecule has 1 aliphatic rings. The van der Waals surface area contributed by atoms with E-state index in [1.165, 1.54) is 18.2 Å². The minimum absolute atomic E-state index is 0.0308. The second-order valence-electron chi connectivity index (χ2n) is 10.9. The van der Waals surface area contributed by atoms with E-state index in [4.69, 9.17) is 9.47 Å². The molecule has 2 aromatic carbocycles. The lowest BCUT2D eigenvalue weighted by Gasteiger charge is -2.35. The molecule has 0 radical (unpaired) electrons. The van der Waals surface area contributed by atoms with Gasteiger partial charge in [-0.2, -0.15) is 13.2 Å². The zero-order chi connectivity index (χ0) is 31.3. The summed E-state index contributed by atoms with van der Waals surface area (Å²) in [6.45, 7) is 7.79. The van der Waals surface area contributed by atoms with Gasteiger partial charge in [0.25, 0.3) is 10.0 Å². The van der Waals surface area contributed by atoms with Gasteiger partial charge in [0, 0.05) is 5.69 Å². The van der Waals surface area contributed by atoms with E-state index in [0.29, 0.717) is 23.0 Å². The molecule has 0 unspecified atom stereocenters. The fourth-order valence-corrected chi connectivity index (χ4v) is 7.22. The fraction of sp³-hybridized carbons (Fsp3) is 0.407. The number of hydrogen-bond donors (Lipinski definition) is 1. The van der Waals surface area contributed by atoms with E-state index in [1.54, 1.807) is 34.6 Å². The Kier molecular flexibility index (Phi) is 8.15. The van der Waals surface area contributed by atoms with Crippen LogP contribution >= 0.6 is 0 Å². The van der Waals surface area contributed by atoms with Crippen molar-refractivity contribution in [3.05, 3.63) is 65.0 Å². The van der Waals surface area contributed by atoms with E-state index >= 15 is 0 Å². The Bertz CT molecular complexity index is 1710. The number of carbonyl (C=O) groups is 1. The number of aryl methyl sites for hydroxylation is 2. The summed E-state index contributed by atoms with van der Waals surface area (Å²) in [6, 6.07) is 7.47. The van der Waals surface area contributed by atoms with Crippen LogP contribution in [0.4, 0.5) is 18.9 Å². The maximum atomic E-state index is 13.8. The quantitative estimate of drug-likeness (QED) is 0.381. The number of benzene rings is 2. The highest BCUT2D eigenvalue weighted by Crippen LogP contribution is 2.39. The van der Waals surface area contributed by atoms with Crippen molar-refractivity contribution in [2.75, 3.05) is 16.6 Å². The lowest BCUT2D eigenvalue weighted by atomic mass is 10.1. The molecule has 1 N–H and O–H groups in total. The molecule has 0 aliphatic carbocycles. The largest absolute Gasteiger partial charge is 0.485 e. The number of halogens is 3. The molecular formula is C27H30F3N3O7S2. The second-order valence-corrected chi connectivity index (χ2v) is 14.7. The number of nitrogens with one attached hydrogen (secondary N) is 1. The Balaban J connectivity index is 1.75. The summed E-state index contributed by atoms with van der Waals surface area (Å²) in [5.41, 5.74) is -0.643.